The second-order valence-electron chi connectivity index (χ2n) is 5.35. The molecule has 1 saturated heterocycles. The Balaban J connectivity index is 1.43. The number of hydrogen-bond donors (Lipinski definition) is 0. The number of aromatic nitrogens is 4. The van der Waals surface area contributed by atoms with E-state index in [1.54, 1.807) is 41.8 Å². The lowest BCUT2D eigenvalue weighted by atomic mass is 9.99. The van der Waals surface area contributed by atoms with Gasteiger partial charge in [-0.2, -0.15) is 4.98 Å². The maximum atomic E-state index is 12.2. The van der Waals surface area contributed by atoms with Gasteiger partial charge in [-0.15, -0.1) is 0 Å². The summed E-state index contributed by atoms with van der Waals surface area (Å²) in [7, 11) is 0. The lowest BCUT2D eigenvalue weighted by molar-refractivity contribution is 0.0569. The fraction of sp³-hybridized carbons (Fsp3) is 0.188. The van der Waals surface area contributed by atoms with E-state index >= 15 is 0 Å². The van der Waals surface area contributed by atoms with Crippen LogP contribution in [0.25, 0.3) is 11.4 Å². The average molecular weight is 307 g/mol. The molecule has 0 bridgehead atoms. The molecule has 0 aliphatic carbocycles. The van der Waals surface area contributed by atoms with Crippen LogP contribution in [0.1, 0.15) is 22.2 Å². The zero-order valence-electron chi connectivity index (χ0n) is 12.2. The standard InChI is InChI=1S/C16H13N5O2/c22-16(12-4-2-6-18-8-12)21-9-13(10-21)15-19-14(20-23-15)11-3-1-5-17-7-11/h1-8,13H,9-10H2. The van der Waals surface area contributed by atoms with Crippen LogP contribution in [0.15, 0.2) is 53.6 Å². The van der Waals surface area contributed by atoms with Gasteiger partial charge in [0.2, 0.25) is 11.7 Å². The second-order valence-corrected chi connectivity index (χ2v) is 5.35. The molecule has 23 heavy (non-hydrogen) atoms. The molecule has 3 aromatic heterocycles. The molecule has 0 saturated carbocycles. The van der Waals surface area contributed by atoms with Crippen LogP contribution in [0.4, 0.5) is 0 Å². The number of rotatable bonds is 3. The van der Waals surface area contributed by atoms with Crippen molar-refractivity contribution < 1.29 is 9.32 Å². The molecule has 0 atom stereocenters. The van der Waals surface area contributed by atoms with Crippen molar-refractivity contribution in [3.05, 3.63) is 60.5 Å². The molecular weight excluding hydrogens is 294 g/mol. The zero-order chi connectivity index (χ0) is 15.6. The van der Waals surface area contributed by atoms with E-state index < -0.39 is 0 Å². The second kappa shape index (κ2) is 5.60. The van der Waals surface area contributed by atoms with Crippen molar-refractivity contribution in [1.82, 2.24) is 25.0 Å². The quantitative estimate of drug-likeness (QED) is 0.733. The highest BCUT2D eigenvalue weighted by molar-refractivity contribution is 5.94. The largest absolute Gasteiger partial charge is 0.339 e. The topological polar surface area (TPSA) is 85.0 Å². The minimum Gasteiger partial charge on any atom is -0.339 e. The van der Waals surface area contributed by atoms with Crippen LogP contribution in [0.3, 0.4) is 0 Å². The Morgan fingerprint density at radius 3 is 2.61 bits per heavy atom. The van der Waals surface area contributed by atoms with E-state index in [1.165, 1.54) is 0 Å². The number of carbonyl (C=O) groups is 1. The van der Waals surface area contributed by atoms with Crippen molar-refractivity contribution in [2.75, 3.05) is 13.1 Å². The van der Waals surface area contributed by atoms with Gasteiger partial charge in [-0.1, -0.05) is 5.16 Å². The summed E-state index contributed by atoms with van der Waals surface area (Å²) in [5, 5.41) is 3.98. The highest BCUT2D eigenvalue weighted by atomic mass is 16.5. The van der Waals surface area contributed by atoms with E-state index in [0.29, 0.717) is 30.4 Å². The summed E-state index contributed by atoms with van der Waals surface area (Å²) in [6.07, 6.45) is 6.60. The van der Waals surface area contributed by atoms with Crippen molar-refractivity contribution in [2.45, 2.75) is 5.92 Å². The third-order valence-corrected chi connectivity index (χ3v) is 3.79. The number of pyridine rings is 2. The Morgan fingerprint density at radius 2 is 1.91 bits per heavy atom. The minimum absolute atomic E-state index is 0.0265. The van der Waals surface area contributed by atoms with Crippen LogP contribution >= 0.6 is 0 Å². The summed E-state index contributed by atoms with van der Waals surface area (Å²) in [4.78, 5) is 26.4. The molecule has 0 radical (unpaired) electrons. The van der Waals surface area contributed by atoms with Crippen molar-refractivity contribution >= 4 is 5.91 Å². The first-order chi connectivity index (χ1) is 11.3. The molecule has 4 rings (SSSR count). The highest BCUT2D eigenvalue weighted by Gasteiger charge is 2.36. The van der Waals surface area contributed by atoms with E-state index in [1.807, 2.05) is 12.1 Å². The van der Waals surface area contributed by atoms with Gasteiger partial charge >= 0.3 is 0 Å². The molecule has 0 N–H and O–H groups in total. The van der Waals surface area contributed by atoms with Crippen molar-refractivity contribution in [2.24, 2.45) is 0 Å². The van der Waals surface area contributed by atoms with Crippen LogP contribution in [-0.4, -0.2) is 44.0 Å². The normalized spacial score (nSPS) is 14.5. The zero-order valence-corrected chi connectivity index (χ0v) is 12.2. The van der Waals surface area contributed by atoms with E-state index in [4.69, 9.17) is 4.52 Å². The summed E-state index contributed by atoms with van der Waals surface area (Å²) < 4.78 is 5.32. The molecule has 1 aliphatic rings. The number of hydrogen-bond acceptors (Lipinski definition) is 6. The van der Waals surface area contributed by atoms with Crippen LogP contribution in [-0.2, 0) is 0 Å². The molecule has 3 aromatic rings. The minimum atomic E-state index is -0.0265. The first kappa shape index (κ1) is 13.6. The number of likely N-dealkylation sites (tertiary alicyclic amines) is 1. The summed E-state index contributed by atoms with van der Waals surface area (Å²) in [6, 6.07) is 7.21. The predicted molar refractivity (Wildman–Crippen MR) is 80.4 cm³/mol. The Morgan fingerprint density at radius 1 is 1.13 bits per heavy atom. The third-order valence-electron chi connectivity index (χ3n) is 3.79. The summed E-state index contributed by atoms with van der Waals surface area (Å²) in [5.74, 6) is 1.12. The Bertz CT molecular complexity index is 813. The first-order valence-electron chi connectivity index (χ1n) is 7.24. The predicted octanol–water partition coefficient (Wildman–Crippen LogP) is 1.77. The summed E-state index contributed by atoms with van der Waals surface area (Å²) in [6.45, 7) is 1.14. The number of amides is 1. The number of nitrogens with zero attached hydrogens (tertiary/aromatic N) is 5. The smallest absolute Gasteiger partial charge is 0.255 e. The summed E-state index contributed by atoms with van der Waals surface area (Å²) >= 11 is 0. The van der Waals surface area contributed by atoms with Gasteiger partial charge in [0.15, 0.2) is 0 Å². The van der Waals surface area contributed by atoms with Gasteiger partial charge in [-0.25, -0.2) is 0 Å². The molecule has 1 aliphatic heterocycles. The Kier molecular flexibility index (Phi) is 3.30. The van der Waals surface area contributed by atoms with Gasteiger partial charge in [0, 0.05) is 43.4 Å². The highest BCUT2D eigenvalue weighted by Crippen LogP contribution is 2.28. The molecule has 1 amide bonds. The molecule has 114 valence electrons. The van der Waals surface area contributed by atoms with E-state index in [2.05, 4.69) is 20.1 Å². The van der Waals surface area contributed by atoms with Gasteiger partial charge in [0.1, 0.15) is 0 Å². The van der Waals surface area contributed by atoms with Crippen LogP contribution < -0.4 is 0 Å². The lowest BCUT2D eigenvalue weighted by Gasteiger charge is -2.37. The van der Waals surface area contributed by atoms with Crippen LogP contribution in [0.5, 0.6) is 0 Å². The van der Waals surface area contributed by atoms with Gasteiger partial charge in [0.05, 0.1) is 11.5 Å². The van der Waals surface area contributed by atoms with E-state index in [-0.39, 0.29) is 11.8 Å². The van der Waals surface area contributed by atoms with Gasteiger partial charge in [-0.3, -0.25) is 14.8 Å². The molecule has 7 nitrogen and oxygen atoms in total. The molecule has 0 unspecified atom stereocenters. The molecule has 0 aromatic carbocycles. The average Bonchev–Trinajstić information content (AvgIpc) is 3.05. The maximum Gasteiger partial charge on any atom is 0.255 e. The fourth-order valence-corrected chi connectivity index (χ4v) is 2.49. The fourth-order valence-electron chi connectivity index (χ4n) is 2.49. The summed E-state index contributed by atoms with van der Waals surface area (Å²) in [5.41, 5.74) is 1.40. The molecular formula is C16H13N5O2. The van der Waals surface area contributed by atoms with E-state index in [9.17, 15) is 4.79 Å². The SMILES string of the molecule is O=C(c1cccnc1)N1CC(c2nc(-c3cccnc3)no2)C1. The van der Waals surface area contributed by atoms with Gasteiger partial charge in [-0.05, 0) is 24.3 Å². The maximum absolute atomic E-state index is 12.2. The van der Waals surface area contributed by atoms with Crippen molar-refractivity contribution in [3.63, 3.8) is 0 Å². The van der Waals surface area contributed by atoms with Crippen LogP contribution in [0, 0.1) is 0 Å². The first-order valence-corrected chi connectivity index (χ1v) is 7.24. The lowest BCUT2D eigenvalue weighted by Crippen LogP contribution is -2.48. The molecule has 1 fully saturated rings. The van der Waals surface area contributed by atoms with Crippen molar-refractivity contribution in [1.29, 1.82) is 0 Å². The third kappa shape index (κ3) is 2.57. The molecule has 4 heterocycles. The van der Waals surface area contributed by atoms with Gasteiger partial charge in [0.25, 0.3) is 5.91 Å². The van der Waals surface area contributed by atoms with Crippen LogP contribution in [0.2, 0.25) is 0 Å². The number of carbonyl (C=O) groups excluding carboxylic acids is 1. The molecule has 7 heteroatoms. The monoisotopic (exact) mass is 307 g/mol. The molecule has 0 spiro atoms. The Labute approximate surface area is 132 Å². The van der Waals surface area contributed by atoms with Gasteiger partial charge < -0.3 is 9.42 Å². The van der Waals surface area contributed by atoms with Crippen molar-refractivity contribution in [3.8, 4) is 11.4 Å². The Hall–Kier alpha value is -3.09. The van der Waals surface area contributed by atoms with E-state index in [0.717, 1.165) is 5.56 Å².